The number of rotatable bonds is 7. The van der Waals surface area contributed by atoms with Crippen molar-refractivity contribution in [3.05, 3.63) is 82.4 Å². The zero-order chi connectivity index (χ0) is 24.9. The molecule has 0 saturated heterocycles. The minimum Gasteiger partial charge on any atom is -0.600 e. The van der Waals surface area contributed by atoms with Gasteiger partial charge in [0, 0.05) is 23.5 Å². The Bertz CT molecular complexity index is 1350. The molecule has 0 fully saturated rings. The summed E-state index contributed by atoms with van der Waals surface area (Å²) < 4.78 is 5.54. The predicted molar refractivity (Wildman–Crippen MR) is 140 cm³/mol. The first-order valence-electron chi connectivity index (χ1n) is 10.7. The highest BCUT2D eigenvalue weighted by molar-refractivity contribution is 6.32. The molecule has 0 bridgehead atoms. The Hall–Kier alpha value is -3.93. The third kappa shape index (κ3) is 5.43. The quantitative estimate of drug-likeness (QED) is 0.163. The van der Waals surface area contributed by atoms with Gasteiger partial charge in [-0.25, -0.2) is 0 Å². The molecule has 2 N–H and O–H groups in total. The van der Waals surface area contributed by atoms with Crippen LogP contribution in [0.5, 0.6) is 5.75 Å². The van der Waals surface area contributed by atoms with Gasteiger partial charge in [0.25, 0.3) is 0 Å². The molecule has 1 aliphatic heterocycles. The summed E-state index contributed by atoms with van der Waals surface area (Å²) in [5.74, 6) is 1.08. The van der Waals surface area contributed by atoms with Crippen LogP contribution in [-0.2, 0) is 0 Å². The Morgan fingerprint density at radius 2 is 1.83 bits per heavy atom. The number of benzene rings is 3. The van der Waals surface area contributed by atoms with Crippen LogP contribution in [0.3, 0.4) is 0 Å². The summed E-state index contributed by atoms with van der Waals surface area (Å²) in [4.78, 5) is 2.44. The summed E-state index contributed by atoms with van der Waals surface area (Å²) in [6, 6.07) is 19.6. The SMILES string of the molecule is CN(c1ccc(-c2ccc3c(c2)NC=C(/N=[N+](\C)[O-])N3)cc1)c1cc(Cl)c(OCCCl)c(C#N)c1. The van der Waals surface area contributed by atoms with E-state index in [2.05, 4.69) is 21.8 Å². The number of ether oxygens (including phenoxy) is 1. The van der Waals surface area contributed by atoms with Gasteiger partial charge in [0.2, 0.25) is 5.82 Å². The van der Waals surface area contributed by atoms with E-state index in [-0.39, 0.29) is 6.61 Å². The molecule has 0 radical (unpaired) electrons. The van der Waals surface area contributed by atoms with Crippen molar-refractivity contribution in [3.63, 3.8) is 0 Å². The van der Waals surface area contributed by atoms with Gasteiger partial charge in [-0.05, 0) is 47.5 Å². The number of hydrogen-bond donors (Lipinski definition) is 2. The van der Waals surface area contributed by atoms with Gasteiger partial charge in [0.15, 0.2) is 12.8 Å². The number of halogens is 2. The molecule has 0 amide bonds. The fraction of sp³-hybridized carbons (Fsp3) is 0.160. The van der Waals surface area contributed by atoms with Gasteiger partial charge in [-0.2, -0.15) is 5.26 Å². The van der Waals surface area contributed by atoms with Crippen molar-refractivity contribution in [2.45, 2.75) is 0 Å². The first kappa shape index (κ1) is 24.2. The first-order chi connectivity index (χ1) is 16.9. The van der Waals surface area contributed by atoms with Gasteiger partial charge < -0.3 is 25.5 Å². The van der Waals surface area contributed by atoms with Crippen LogP contribution in [0.4, 0.5) is 22.7 Å². The molecule has 178 valence electrons. The summed E-state index contributed by atoms with van der Waals surface area (Å²) >= 11 is 12.1. The third-order valence-electron chi connectivity index (χ3n) is 5.34. The van der Waals surface area contributed by atoms with Crippen LogP contribution in [0.2, 0.25) is 5.02 Å². The Kier molecular flexibility index (Phi) is 7.30. The lowest BCUT2D eigenvalue weighted by Crippen LogP contribution is -2.10. The van der Waals surface area contributed by atoms with E-state index in [4.69, 9.17) is 27.9 Å². The summed E-state index contributed by atoms with van der Waals surface area (Å²) in [7, 11) is 3.23. The van der Waals surface area contributed by atoms with E-state index in [0.29, 0.717) is 32.9 Å². The van der Waals surface area contributed by atoms with Crippen molar-refractivity contribution in [3.8, 4) is 22.9 Å². The number of azo groups is 1. The second-order valence-electron chi connectivity index (χ2n) is 7.68. The van der Waals surface area contributed by atoms with Crippen molar-refractivity contribution >= 4 is 46.0 Å². The van der Waals surface area contributed by atoms with Crippen LogP contribution in [-0.4, -0.2) is 31.4 Å². The molecule has 0 aromatic heterocycles. The number of fused-ring (bicyclic) bond motifs is 1. The molecule has 3 aromatic rings. The maximum absolute atomic E-state index is 11.1. The van der Waals surface area contributed by atoms with E-state index < -0.39 is 0 Å². The van der Waals surface area contributed by atoms with Crippen molar-refractivity contribution in [2.75, 3.05) is 42.1 Å². The highest BCUT2D eigenvalue weighted by atomic mass is 35.5. The molecule has 0 saturated carbocycles. The average Bonchev–Trinajstić information content (AvgIpc) is 2.86. The summed E-state index contributed by atoms with van der Waals surface area (Å²) in [5.41, 5.74) is 5.81. The first-order valence-corrected chi connectivity index (χ1v) is 11.6. The molecular weight excluding hydrogens is 487 g/mol. The maximum atomic E-state index is 11.1. The van der Waals surface area contributed by atoms with Crippen LogP contribution >= 0.6 is 23.2 Å². The van der Waals surface area contributed by atoms with E-state index >= 15 is 0 Å². The molecular formula is C25H22Cl2N6O2. The molecule has 4 rings (SSSR count). The molecule has 35 heavy (non-hydrogen) atoms. The summed E-state index contributed by atoms with van der Waals surface area (Å²) in [6.07, 6.45) is 1.64. The molecule has 0 atom stereocenters. The number of anilines is 4. The molecule has 1 heterocycles. The van der Waals surface area contributed by atoms with Gasteiger partial charge in [0.1, 0.15) is 12.7 Å². The smallest absolute Gasteiger partial charge is 0.215 e. The van der Waals surface area contributed by atoms with Gasteiger partial charge in [-0.15, -0.1) is 11.6 Å². The van der Waals surface area contributed by atoms with E-state index in [9.17, 15) is 10.5 Å². The number of nitrogens with zero attached hydrogens (tertiary/aromatic N) is 4. The topological polar surface area (TPSA) is 98.8 Å². The van der Waals surface area contributed by atoms with Crippen molar-refractivity contribution in [2.24, 2.45) is 5.11 Å². The highest BCUT2D eigenvalue weighted by Gasteiger charge is 2.15. The van der Waals surface area contributed by atoms with Gasteiger partial charge in [-0.1, -0.05) is 34.7 Å². The van der Waals surface area contributed by atoms with Crippen LogP contribution in [0.25, 0.3) is 11.1 Å². The van der Waals surface area contributed by atoms with Crippen molar-refractivity contribution in [1.82, 2.24) is 0 Å². The number of hydrogen-bond acceptors (Lipinski definition) is 7. The minimum absolute atomic E-state index is 0.269. The number of nitriles is 1. The van der Waals surface area contributed by atoms with E-state index in [1.807, 2.05) is 54.4 Å². The number of nitrogens with one attached hydrogen (secondary N) is 2. The second-order valence-corrected chi connectivity index (χ2v) is 8.47. The predicted octanol–water partition coefficient (Wildman–Crippen LogP) is 6.49. The molecule has 8 nitrogen and oxygen atoms in total. The lowest BCUT2D eigenvalue weighted by Gasteiger charge is -2.22. The third-order valence-corrected chi connectivity index (χ3v) is 5.78. The Balaban J connectivity index is 1.54. The molecule has 10 heteroatoms. The van der Waals surface area contributed by atoms with Gasteiger partial charge in [-0.3, -0.25) is 0 Å². The summed E-state index contributed by atoms with van der Waals surface area (Å²) in [6.45, 7) is 0.269. The van der Waals surface area contributed by atoms with Crippen LogP contribution < -0.4 is 20.3 Å². The van der Waals surface area contributed by atoms with Crippen LogP contribution in [0, 0.1) is 16.5 Å². The molecule has 0 spiro atoms. The Labute approximate surface area is 213 Å². The highest BCUT2D eigenvalue weighted by Crippen LogP contribution is 2.37. The fourth-order valence-electron chi connectivity index (χ4n) is 3.65. The Morgan fingerprint density at radius 1 is 1.09 bits per heavy atom. The monoisotopic (exact) mass is 508 g/mol. The molecule has 0 aliphatic carbocycles. The maximum Gasteiger partial charge on any atom is 0.215 e. The lowest BCUT2D eigenvalue weighted by molar-refractivity contribution is -0.495. The summed E-state index contributed by atoms with van der Waals surface area (Å²) in [5, 5.41) is 31.1. The fourth-order valence-corrected chi connectivity index (χ4v) is 3.99. The zero-order valence-corrected chi connectivity index (χ0v) is 20.6. The molecule has 3 aromatic carbocycles. The normalized spacial score (nSPS) is 12.5. The largest absolute Gasteiger partial charge is 0.600 e. The average molecular weight is 509 g/mol. The second kappa shape index (κ2) is 10.6. The van der Waals surface area contributed by atoms with Crippen LogP contribution in [0.15, 0.2) is 71.7 Å². The lowest BCUT2D eigenvalue weighted by atomic mass is 10.0. The van der Waals surface area contributed by atoms with Gasteiger partial charge in [0.05, 0.1) is 34.0 Å². The van der Waals surface area contributed by atoms with Crippen molar-refractivity contribution < 1.29 is 9.60 Å². The molecule has 1 aliphatic rings. The van der Waals surface area contributed by atoms with Gasteiger partial charge >= 0.3 is 0 Å². The minimum atomic E-state index is 0.269. The van der Waals surface area contributed by atoms with E-state index in [1.165, 1.54) is 7.05 Å². The zero-order valence-electron chi connectivity index (χ0n) is 19.0. The van der Waals surface area contributed by atoms with Crippen LogP contribution in [0.1, 0.15) is 5.56 Å². The number of hydroxylamine groups is 1. The standard InChI is InChI=1S/C25H22Cl2N6O2/c1-32(20-11-18(14-28)25(21(27)13-20)35-10-9-26)19-6-3-16(4-7-19)17-5-8-22-23(12-17)29-15-24(30-22)31-33(2)34/h3-8,11-13,15,29-30H,9-10H2,1-2H3/b33-31+. The van der Waals surface area contributed by atoms with E-state index in [0.717, 1.165) is 33.9 Å². The Morgan fingerprint density at radius 3 is 2.51 bits per heavy atom. The van der Waals surface area contributed by atoms with Crippen molar-refractivity contribution in [1.29, 1.82) is 5.26 Å². The number of alkyl halides is 1. The molecule has 0 unspecified atom stereocenters. The van der Waals surface area contributed by atoms with E-state index in [1.54, 1.807) is 18.3 Å².